The summed E-state index contributed by atoms with van der Waals surface area (Å²) in [5, 5.41) is 14.8. The van der Waals surface area contributed by atoms with Crippen LogP contribution in [0.3, 0.4) is 0 Å². The van der Waals surface area contributed by atoms with E-state index in [9.17, 15) is 19.2 Å². The van der Waals surface area contributed by atoms with Gasteiger partial charge in [-0.15, -0.1) is 0 Å². The van der Waals surface area contributed by atoms with E-state index < -0.39 is 12.0 Å². The summed E-state index contributed by atoms with van der Waals surface area (Å²) >= 11 is 0. The van der Waals surface area contributed by atoms with Crippen molar-refractivity contribution in [3.05, 3.63) is 65.2 Å². The lowest BCUT2D eigenvalue weighted by atomic mass is 9.79. The first-order chi connectivity index (χ1) is 19.4. The minimum absolute atomic E-state index is 0.0325. The van der Waals surface area contributed by atoms with E-state index in [1.54, 1.807) is 23.1 Å². The van der Waals surface area contributed by atoms with Crippen LogP contribution < -0.4 is 10.6 Å². The lowest BCUT2D eigenvalue weighted by molar-refractivity contribution is -0.139. The number of anilines is 1. The monoisotopic (exact) mass is 548 g/mol. The molecule has 10 heteroatoms. The van der Waals surface area contributed by atoms with Crippen LogP contribution in [-0.4, -0.2) is 71.0 Å². The predicted molar refractivity (Wildman–Crippen MR) is 148 cm³/mol. The highest BCUT2D eigenvalue weighted by Crippen LogP contribution is 2.33. The van der Waals surface area contributed by atoms with Crippen molar-refractivity contribution < 1.29 is 29.0 Å². The van der Waals surface area contributed by atoms with Gasteiger partial charge in [0, 0.05) is 44.0 Å². The standard InChI is InChI=1S/C30H36N4O6/c35-27(36)17-26-28(37)31-18-24-16-23(6-7-25(24)32-26)29(38)33-12-8-21(9-13-33)22-10-14-34(15-11-22)30(39)40-19-20-4-2-1-3-5-20/h1-7,16,21-22,26,32H,8-15,17-19H2,(H,31,37)(H,35,36). The summed E-state index contributed by atoms with van der Waals surface area (Å²) in [6, 6.07) is 14.1. The number of nitrogens with zero attached hydrogens (tertiary/aromatic N) is 2. The third-order valence-corrected chi connectivity index (χ3v) is 8.33. The van der Waals surface area contributed by atoms with Crippen LogP contribution in [0.5, 0.6) is 0 Å². The number of ether oxygens (including phenoxy) is 1. The second-order valence-corrected chi connectivity index (χ2v) is 10.9. The molecule has 1 atom stereocenters. The molecule has 212 valence electrons. The maximum Gasteiger partial charge on any atom is 0.410 e. The second kappa shape index (κ2) is 12.4. The van der Waals surface area contributed by atoms with Gasteiger partial charge >= 0.3 is 12.1 Å². The van der Waals surface area contributed by atoms with Gasteiger partial charge in [0.15, 0.2) is 0 Å². The third kappa shape index (κ3) is 6.55. The number of piperidine rings is 2. The van der Waals surface area contributed by atoms with Crippen molar-refractivity contribution in [1.82, 2.24) is 15.1 Å². The Morgan fingerprint density at radius 2 is 1.55 bits per heavy atom. The van der Waals surface area contributed by atoms with Crippen molar-refractivity contribution in [2.24, 2.45) is 11.8 Å². The van der Waals surface area contributed by atoms with Crippen LogP contribution in [0.4, 0.5) is 10.5 Å². The molecule has 3 aliphatic rings. The number of carboxylic acids is 1. The molecular formula is C30H36N4O6. The molecule has 2 fully saturated rings. The van der Waals surface area contributed by atoms with E-state index in [0.717, 1.165) is 36.8 Å². The van der Waals surface area contributed by atoms with Crippen LogP contribution in [0, 0.1) is 11.8 Å². The zero-order valence-corrected chi connectivity index (χ0v) is 22.5. The van der Waals surface area contributed by atoms with Gasteiger partial charge in [-0.1, -0.05) is 30.3 Å². The molecule has 0 radical (unpaired) electrons. The van der Waals surface area contributed by atoms with Crippen LogP contribution in [-0.2, 0) is 27.5 Å². The maximum atomic E-state index is 13.3. The Kier molecular flexibility index (Phi) is 8.52. The van der Waals surface area contributed by atoms with Gasteiger partial charge in [-0.2, -0.15) is 0 Å². The minimum atomic E-state index is -1.06. The Morgan fingerprint density at radius 3 is 2.20 bits per heavy atom. The van der Waals surface area contributed by atoms with Gasteiger partial charge in [-0.3, -0.25) is 14.4 Å². The first kappa shape index (κ1) is 27.5. The minimum Gasteiger partial charge on any atom is -0.481 e. The van der Waals surface area contributed by atoms with E-state index >= 15 is 0 Å². The summed E-state index contributed by atoms with van der Waals surface area (Å²) in [6.07, 6.45) is 3.20. The molecular weight excluding hydrogens is 512 g/mol. The molecule has 2 saturated heterocycles. The summed E-state index contributed by atoms with van der Waals surface area (Å²) in [5.74, 6) is -0.392. The third-order valence-electron chi connectivity index (χ3n) is 8.33. The first-order valence-electron chi connectivity index (χ1n) is 14.0. The normalized spacial score (nSPS) is 20.1. The molecule has 10 nitrogen and oxygen atoms in total. The van der Waals surface area contributed by atoms with Gasteiger partial charge in [-0.05, 0) is 66.8 Å². The molecule has 40 heavy (non-hydrogen) atoms. The summed E-state index contributed by atoms with van der Waals surface area (Å²) in [7, 11) is 0. The van der Waals surface area contributed by atoms with Crippen molar-refractivity contribution in [3.8, 4) is 0 Å². The Morgan fingerprint density at radius 1 is 0.900 bits per heavy atom. The van der Waals surface area contributed by atoms with Crippen LogP contribution in [0.1, 0.15) is 53.6 Å². The molecule has 0 aromatic heterocycles. The summed E-state index contributed by atoms with van der Waals surface area (Å²) in [5.41, 5.74) is 2.96. The van der Waals surface area contributed by atoms with E-state index in [1.165, 1.54) is 0 Å². The highest BCUT2D eigenvalue weighted by molar-refractivity contribution is 5.96. The van der Waals surface area contributed by atoms with Crippen molar-refractivity contribution in [3.63, 3.8) is 0 Å². The molecule has 2 aromatic rings. The van der Waals surface area contributed by atoms with Crippen molar-refractivity contribution in [1.29, 1.82) is 0 Å². The number of hydrogen-bond donors (Lipinski definition) is 3. The van der Waals surface area contributed by atoms with E-state index in [-0.39, 0.29) is 37.5 Å². The van der Waals surface area contributed by atoms with Gasteiger partial charge in [0.05, 0.1) is 6.42 Å². The highest BCUT2D eigenvalue weighted by Gasteiger charge is 2.33. The van der Waals surface area contributed by atoms with E-state index in [2.05, 4.69) is 10.6 Å². The average Bonchev–Trinajstić information content (AvgIpc) is 3.13. The van der Waals surface area contributed by atoms with Crippen molar-refractivity contribution >= 4 is 29.6 Å². The number of rotatable bonds is 6. The Hall–Kier alpha value is -4.08. The van der Waals surface area contributed by atoms with Gasteiger partial charge in [-0.25, -0.2) is 4.79 Å². The Bertz CT molecular complexity index is 1240. The Balaban J connectivity index is 1.09. The molecule has 3 amide bonds. The van der Waals surface area contributed by atoms with Crippen LogP contribution in [0.2, 0.25) is 0 Å². The largest absolute Gasteiger partial charge is 0.481 e. The molecule has 5 rings (SSSR count). The predicted octanol–water partition coefficient (Wildman–Crippen LogP) is 3.47. The molecule has 1 unspecified atom stereocenters. The zero-order valence-electron chi connectivity index (χ0n) is 22.5. The molecule has 0 aliphatic carbocycles. The number of benzene rings is 2. The number of carbonyl (C=O) groups is 4. The topological polar surface area (TPSA) is 128 Å². The molecule has 0 bridgehead atoms. The second-order valence-electron chi connectivity index (χ2n) is 10.9. The number of likely N-dealkylation sites (tertiary alicyclic amines) is 2. The van der Waals surface area contributed by atoms with Crippen molar-refractivity contribution in [2.45, 2.75) is 51.3 Å². The highest BCUT2D eigenvalue weighted by atomic mass is 16.6. The summed E-state index contributed by atoms with van der Waals surface area (Å²) in [6.45, 7) is 3.30. The molecule has 2 aromatic carbocycles. The van der Waals surface area contributed by atoms with Gasteiger partial charge in [0.2, 0.25) is 5.91 Å². The van der Waals surface area contributed by atoms with Crippen LogP contribution >= 0.6 is 0 Å². The fourth-order valence-corrected chi connectivity index (χ4v) is 6.01. The van der Waals surface area contributed by atoms with Crippen LogP contribution in [0.25, 0.3) is 0 Å². The molecule has 3 N–H and O–H groups in total. The average molecular weight is 549 g/mol. The number of fused-ring (bicyclic) bond motifs is 1. The van der Waals surface area contributed by atoms with Crippen LogP contribution in [0.15, 0.2) is 48.5 Å². The fraction of sp³-hybridized carbons (Fsp3) is 0.467. The number of aliphatic carboxylic acids is 1. The number of carbonyl (C=O) groups excluding carboxylic acids is 3. The van der Waals surface area contributed by atoms with Gasteiger partial charge in [0.25, 0.3) is 5.91 Å². The Labute approximate surface area is 233 Å². The maximum absolute atomic E-state index is 13.3. The molecule has 0 spiro atoms. The molecule has 3 heterocycles. The lowest BCUT2D eigenvalue weighted by Crippen LogP contribution is -2.44. The van der Waals surface area contributed by atoms with E-state index in [0.29, 0.717) is 49.3 Å². The molecule has 0 saturated carbocycles. The van der Waals surface area contributed by atoms with E-state index in [1.807, 2.05) is 35.2 Å². The molecule has 3 aliphatic heterocycles. The summed E-state index contributed by atoms with van der Waals surface area (Å²) < 4.78 is 5.49. The van der Waals surface area contributed by atoms with Gasteiger partial charge < -0.3 is 30.3 Å². The first-order valence-corrected chi connectivity index (χ1v) is 14.0. The van der Waals surface area contributed by atoms with Gasteiger partial charge in [0.1, 0.15) is 12.6 Å². The number of carboxylic acid groups (broad SMARTS) is 1. The number of amides is 3. The quantitative estimate of drug-likeness (QED) is 0.504. The number of nitrogens with one attached hydrogen (secondary N) is 2. The lowest BCUT2D eigenvalue weighted by Gasteiger charge is -2.40. The smallest absolute Gasteiger partial charge is 0.410 e. The van der Waals surface area contributed by atoms with E-state index in [4.69, 9.17) is 9.84 Å². The van der Waals surface area contributed by atoms with Crippen molar-refractivity contribution in [2.75, 3.05) is 31.5 Å². The summed E-state index contributed by atoms with van der Waals surface area (Å²) in [4.78, 5) is 52.8. The number of hydrogen-bond acceptors (Lipinski definition) is 6. The fourth-order valence-electron chi connectivity index (χ4n) is 6.01. The zero-order chi connectivity index (χ0) is 28.1. The SMILES string of the molecule is O=C(O)CC1Nc2ccc(C(=O)N3CCC(C4CCN(C(=O)OCc5ccccc5)CC4)CC3)cc2CNC1=O.